The first-order valence-corrected chi connectivity index (χ1v) is 9.25. The summed E-state index contributed by atoms with van der Waals surface area (Å²) in [6, 6.07) is 18.8. The maximum atomic E-state index is 11.0. The van der Waals surface area contributed by atoms with Crippen LogP contribution >= 0.6 is 0 Å². The van der Waals surface area contributed by atoms with Crippen LogP contribution < -0.4 is 9.47 Å². The largest absolute Gasteiger partial charge is 0.490 e. The van der Waals surface area contributed by atoms with Gasteiger partial charge < -0.3 is 9.47 Å². The maximum Gasteiger partial charge on any atom is 0.161 e. The molecule has 3 aromatic rings. The van der Waals surface area contributed by atoms with Crippen molar-refractivity contribution in [2.24, 2.45) is 0 Å². The quantitative estimate of drug-likeness (QED) is 0.493. The minimum absolute atomic E-state index is 0.525. The van der Waals surface area contributed by atoms with E-state index in [9.17, 15) is 9.59 Å². The van der Waals surface area contributed by atoms with E-state index in [1.807, 2.05) is 50.2 Å². The first-order valence-electron chi connectivity index (χ1n) is 9.25. The summed E-state index contributed by atoms with van der Waals surface area (Å²) in [5.41, 5.74) is 5.09. The predicted molar refractivity (Wildman–Crippen MR) is 110 cm³/mol. The summed E-state index contributed by atoms with van der Waals surface area (Å²) in [5, 5.41) is 0. The van der Waals surface area contributed by atoms with Gasteiger partial charge in [0.25, 0.3) is 0 Å². The van der Waals surface area contributed by atoms with Crippen molar-refractivity contribution in [1.29, 1.82) is 0 Å². The standard InChI is InChI=1S/C24H22O4/c1-3-27-23-13-21(19-9-5-17(15-25)6-10-19)22(14-24(23)28-4-2)20-11-7-18(16-26)8-12-20/h5-16H,3-4H2,1-2H3. The van der Waals surface area contributed by atoms with E-state index in [1.165, 1.54) is 0 Å². The van der Waals surface area contributed by atoms with Gasteiger partial charge in [-0.05, 0) is 48.2 Å². The molecule has 3 rings (SSSR count). The predicted octanol–water partition coefficient (Wildman–Crippen LogP) is 5.44. The van der Waals surface area contributed by atoms with E-state index in [0.717, 1.165) is 34.8 Å². The number of benzene rings is 3. The van der Waals surface area contributed by atoms with Crippen LogP contribution in [0.15, 0.2) is 60.7 Å². The van der Waals surface area contributed by atoms with Crippen LogP contribution in [0, 0.1) is 0 Å². The van der Waals surface area contributed by atoms with Crippen molar-refractivity contribution in [3.63, 3.8) is 0 Å². The molecule has 0 fully saturated rings. The molecule has 0 bridgehead atoms. The average Bonchev–Trinajstić information content (AvgIpc) is 2.75. The Balaban J connectivity index is 2.21. The lowest BCUT2D eigenvalue weighted by Crippen LogP contribution is -2.00. The molecule has 0 N–H and O–H groups in total. The van der Waals surface area contributed by atoms with Crippen molar-refractivity contribution < 1.29 is 19.1 Å². The van der Waals surface area contributed by atoms with Crippen molar-refractivity contribution in [3.8, 4) is 33.8 Å². The third kappa shape index (κ3) is 4.12. The highest BCUT2D eigenvalue weighted by Crippen LogP contribution is 2.41. The smallest absolute Gasteiger partial charge is 0.161 e. The lowest BCUT2D eigenvalue weighted by Gasteiger charge is -2.17. The second-order valence-corrected chi connectivity index (χ2v) is 6.19. The maximum absolute atomic E-state index is 11.0. The number of hydrogen-bond acceptors (Lipinski definition) is 4. The van der Waals surface area contributed by atoms with E-state index < -0.39 is 0 Å². The number of hydrogen-bond donors (Lipinski definition) is 0. The van der Waals surface area contributed by atoms with Gasteiger partial charge in [0.2, 0.25) is 0 Å². The number of aldehydes is 2. The summed E-state index contributed by atoms with van der Waals surface area (Å²) in [7, 11) is 0. The van der Waals surface area contributed by atoms with Gasteiger partial charge in [-0.1, -0.05) is 48.5 Å². The second-order valence-electron chi connectivity index (χ2n) is 6.19. The molecule has 4 nitrogen and oxygen atoms in total. The Morgan fingerprint density at radius 1 is 0.643 bits per heavy atom. The molecule has 0 spiro atoms. The molecule has 0 unspecified atom stereocenters. The zero-order chi connectivity index (χ0) is 19.9. The van der Waals surface area contributed by atoms with Crippen LogP contribution in [-0.4, -0.2) is 25.8 Å². The zero-order valence-electron chi connectivity index (χ0n) is 16.0. The van der Waals surface area contributed by atoms with Crippen LogP contribution in [0.25, 0.3) is 22.3 Å². The number of rotatable bonds is 8. The highest BCUT2D eigenvalue weighted by molar-refractivity contribution is 5.88. The molecule has 0 aliphatic heterocycles. The third-order valence-electron chi connectivity index (χ3n) is 4.40. The summed E-state index contributed by atoms with van der Waals surface area (Å²) in [5.74, 6) is 1.35. The number of carbonyl (C=O) groups excluding carboxylic acids is 2. The Kier molecular flexibility index (Phi) is 6.22. The van der Waals surface area contributed by atoms with Gasteiger partial charge in [0.05, 0.1) is 13.2 Å². The lowest BCUT2D eigenvalue weighted by molar-refractivity contribution is 0.111. The summed E-state index contributed by atoms with van der Waals surface area (Å²) in [4.78, 5) is 22.0. The summed E-state index contributed by atoms with van der Waals surface area (Å²) < 4.78 is 11.6. The van der Waals surface area contributed by atoms with E-state index >= 15 is 0 Å². The summed E-state index contributed by atoms with van der Waals surface area (Å²) >= 11 is 0. The van der Waals surface area contributed by atoms with E-state index in [-0.39, 0.29) is 0 Å². The molecular weight excluding hydrogens is 352 g/mol. The molecule has 142 valence electrons. The van der Waals surface area contributed by atoms with Crippen LogP contribution in [0.5, 0.6) is 11.5 Å². The van der Waals surface area contributed by atoms with E-state index in [2.05, 4.69) is 0 Å². The van der Waals surface area contributed by atoms with Gasteiger partial charge in [0.15, 0.2) is 11.5 Å². The topological polar surface area (TPSA) is 52.6 Å². The highest BCUT2D eigenvalue weighted by Gasteiger charge is 2.15. The summed E-state index contributed by atoms with van der Waals surface area (Å²) in [6.07, 6.45) is 1.65. The van der Waals surface area contributed by atoms with Crippen LogP contribution in [0.1, 0.15) is 34.6 Å². The summed E-state index contributed by atoms with van der Waals surface area (Å²) in [6.45, 7) is 4.91. The van der Waals surface area contributed by atoms with Gasteiger partial charge in [0, 0.05) is 11.1 Å². The molecule has 0 saturated heterocycles. The van der Waals surface area contributed by atoms with Crippen LogP contribution in [-0.2, 0) is 0 Å². The van der Waals surface area contributed by atoms with Crippen molar-refractivity contribution in [3.05, 3.63) is 71.8 Å². The highest BCUT2D eigenvalue weighted by atomic mass is 16.5. The molecule has 0 aromatic heterocycles. The van der Waals surface area contributed by atoms with Crippen molar-refractivity contribution >= 4 is 12.6 Å². The third-order valence-corrected chi connectivity index (χ3v) is 4.40. The first-order chi connectivity index (χ1) is 13.7. The number of carbonyl (C=O) groups is 2. The zero-order valence-corrected chi connectivity index (χ0v) is 16.0. The Bertz CT molecular complexity index is 877. The van der Waals surface area contributed by atoms with E-state index in [4.69, 9.17) is 9.47 Å². The van der Waals surface area contributed by atoms with Crippen LogP contribution in [0.3, 0.4) is 0 Å². The van der Waals surface area contributed by atoms with E-state index in [0.29, 0.717) is 35.8 Å². The van der Waals surface area contributed by atoms with Crippen molar-refractivity contribution in [2.75, 3.05) is 13.2 Å². The minimum atomic E-state index is 0.525. The fourth-order valence-electron chi connectivity index (χ4n) is 3.06. The molecule has 0 aliphatic rings. The lowest BCUT2D eigenvalue weighted by atomic mass is 9.93. The molecule has 4 heteroatoms. The van der Waals surface area contributed by atoms with Gasteiger partial charge >= 0.3 is 0 Å². The molecule has 0 saturated carbocycles. The molecule has 0 amide bonds. The Morgan fingerprint density at radius 2 is 1.00 bits per heavy atom. The molecule has 0 atom stereocenters. The first kappa shape index (κ1) is 19.4. The van der Waals surface area contributed by atoms with Gasteiger partial charge in [-0.15, -0.1) is 0 Å². The molecule has 0 aliphatic carbocycles. The fourth-order valence-corrected chi connectivity index (χ4v) is 3.06. The Labute approximate surface area is 164 Å². The molecular formula is C24H22O4. The normalized spacial score (nSPS) is 10.4. The van der Waals surface area contributed by atoms with E-state index in [1.54, 1.807) is 24.3 Å². The Hall–Kier alpha value is -3.40. The van der Waals surface area contributed by atoms with Gasteiger partial charge in [-0.2, -0.15) is 0 Å². The minimum Gasteiger partial charge on any atom is -0.490 e. The molecule has 0 radical (unpaired) electrons. The molecule has 3 aromatic carbocycles. The van der Waals surface area contributed by atoms with Crippen molar-refractivity contribution in [1.82, 2.24) is 0 Å². The monoisotopic (exact) mass is 374 g/mol. The SMILES string of the molecule is CCOc1cc(-c2ccc(C=O)cc2)c(-c2ccc(C=O)cc2)cc1OCC. The molecule has 0 heterocycles. The van der Waals surface area contributed by atoms with Gasteiger partial charge in [-0.3, -0.25) is 9.59 Å². The fraction of sp³-hybridized carbons (Fsp3) is 0.167. The van der Waals surface area contributed by atoms with Crippen LogP contribution in [0.4, 0.5) is 0 Å². The Morgan fingerprint density at radius 3 is 1.29 bits per heavy atom. The number of ether oxygens (including phenoxy) is 2. The van der Waals surface area contributed by atoms with Crippen molar-refractivity contribution in [2.45, 2.75) is 13.8 Å². The molecule has 28 heavy (non-hydrogen) atoms. The second kappa shape index (κ2) is 9.00. The van der Waals surface area contributed by atoms with Gasteiger partial charge in [0.1, 0.15) is 12.6 Å². The van der Waals surface area contributed by atoms with Crippen LogP contribution in [0.2, 0.25) is 0 Å². The van der Waals surface area contributed by atoms with Gasteiger partial charge in [-0.25, -0.2) is 0 Å². The average molecular weight is 374 g/mol.